The highest BCUT2D eigenvalue weighted by Gasteiger charge is 2.33. The number of halogens is 3. The Morgan fingerprint density at radius 3 is 2.46 bits per heavy atom. The van der Waals surface area contributed by atoms with E-state index in [1.807, 2.05) is 0 Å². The Morgan fingerprint density at radius 2 is 1.88 bits per heavy atom. The monoisotopic (exact) mass is 367 g/mol. The largest absolute Gasteiger partial charge is 0.406 e. The van der Waals surface area contributed by atoms with Gasteiger partial charge < -0.3 is 4.90 Å². The van der Waals surface area contributed by atoms with E-state index >= 15 is 0 Å². The maximum atomic E-state index is 12.7. The van der Waals surface area contributed by atoms with Gasteiger partial charge in [0.15, 0.2) is 0 Å². The fraction of sp³-hybridized carbons (Fsp3) is 0.389. The molecule has 1 amide bonds. The summed E-state index contributed by atoms with van der Waals surface area (Å²) < 4.78 is 39.3. The molecule has 5 nitrogen and oxygen atoms in total. The van der Waals surface area contributed by atoms with Gasteiger partial charge in [-0.3, -0.25) is 14.2 Å². The number of hydrogen-bond acceptors (Lipinski definition) is 3. The molecular weight excluding hydrogens is 347 g/mol. The van der Waals surface area contributed by atoms with E-state index in [0.717, 1.165) is 15.8 Å². The molecule has 0 aliphatic carbocycles. The molecule has 0 aliphatic rings. The second kappa shape index (κ2) is 8.16. The summed E-state index contributed by atoms with van der Waals surface area (Å²) in [5.74, 6) is -0.906. The molecular formula is C18H20F3N3O2. The van der Waals surface area contributed by atoms with Crippen LogP contribution < -0.4 is 5.56 Å². The Balaban J connectivity index is 2.26. The lowest BCUT2D eigenvalue weighted by Crippen LogP contribution is -2.43. The molecule has 0 radical (unpaired) electrons. The number of rotatable bonds is 6. The quantitative estimate of drug-likeness (QED) is 0.789. The van der Waals surface area contributed by atoms with Crippen molar-refractivity contribution in [3.63, 3.8) is 0 Å². The van der Waals surface area contributed by atoms with Crippen molar-refractivity contribution in [2.75, 3.05) is 13.1 Å². The number of aromatic nitrogens is 2. The smallest absolute Gasteiger partial charge is 0.332 e. The van der Waals surface area contributed by atoms with E-state index in [4.69, 9.17) is 0 Å². The average Bonchev–Trinajstić information content (AvgIpc) is 2.55. The van der Waals surface area contributed by atoms with Crippen molar-refractivity contribution < 1.29 is 18.0 Å². The van der Waals surface area contributed by atoms with Crippen molar-refractivity contribution in [1.82, 2.24) is 14.5 Å². The summed E-state index contributed by atoms with van der Waals surface area (Å²) in [4.78, 5) is 29.6. The van der Waals surface area contributed by atoms with Crippen LogP contribution in [0.3, 0.4) is 0 Å². The van der Waals surface area contributed by atoms with Gasteiger partial charge in [-0.1, -0.05) is 44.2 Å². The van der Waals surface area contributed by atoms with Crippen LogP contribution in [0.1, 0.15) is 13.8 Å². The van der Waals surface area contributed by atoms with Gasteiger partial charge in [0.1, 0.15) is 13.1 Å². The van der Waals surface area contributed by atoms with Crippen molar-refractivity contribution in [1.29, 1.82) is 0 Å². The van der Waals surface area contributed by atoms with E-state index in [0.29, 0.717) is 5.56 Å². The van der Waals surface area contributed by atoms with Gasteiger partial charge >= 0.3 is 6.18 Å². The van der Waals surface area contributed by atoms with Gasteiger partial charge in [0.2, 0.25) is 5.91 Å². The first-order chi connectivity index (χ1) is 12.2. The van der Waals surface area contributed by atoms with E-state index in [-0.39, 0.29) is 18.0 Å². The van der Waals surface area contributed by atoms with Gasteiger partial charge in [-0.2, -0.15) is 13.2 Å². The van der Waals surface area contributed by atoms with E-state index in [1.54, 1.807) is 44.2 Å². The van der Waals surface area contributed by atoms with Crippen molar-refractivity contribution in [3.8, 4) is 11.1 Å². The summed E-state index contributed by atoms with van der Waals surface area (Å²) in [5, 5.41) is 0. The van der Waals surface area contributed by atoms with Gasteiger partial charge in [0, 0.05) is 12.7 Å². The molecule has 2 rings (SSSR count). The third-order valence-corrected chi connectivity index (χ3v) is 3.60. The number of carbonyl (C=O) groups is 1. The third-order valence-electron chi connectivity index (χ3n) is 3.60. The summed E-state index contributed by atoms with van der Waals surface area (Å²) in [7, 11) is 0. The summed E-state index contributed by atoms with van der Waals surface area (Å²) in [6.07, 6.45) is -1.96. The fourth-order valence-electron chi connectivity index (χ4n) is 2.54. The molecule has 0 spiro atoms. The summed E-state index contributed by atoms with van der Waals surface area (Å²) in [6.45, 7) is 1.57. The first-order valence-corrected chi connectivity index (χ1v) is 8.12. The molecule has 0 atom stereocenters. The van der Waals surface area contributed by atoms with Crippen molar-refractivity contribution >= 4 is 5.91 Å². The number of alkyl halides is 3. The second-order valence-corrected chi connectivity index (χ2v) is 6.39. The fourth-order valence-corrected chi connectivity index (χ4v) is 2.54. The second-order valence-electron chi connectivity index (χ2n) is 6.39. The van der Waals surface area contributed by atoms with E-state index in [2.05, 4.69) is 4.98 Å². The maximum Gasteiger partial charge on any atom is 0.406 e. The van der Waals surface area contributed by atoms with Crippen molar-refractivity contribution in [2.24, 2.45) is 5.92 Å². The lowest BCUT2D eigenvalue weighted by Gasteiger charge is -2.26. The average molecular weight is 367 g/mol. The first-order valence-electron chi connectivity index (χ1n) is 8.12. The molecule has 1 aromatic carbocycles. The van der Waals surface area contributed by atoms with Crippen LogP contribution in [0.2, 0.25) is 0 Å². The highest BCUT2D eigenvalue weighted by molar-refractivity contribution is 5.76. The van der Waals surface area contributed by atoms with Crippen LogP contribution in [-0.2, 0) is 11.3 Å². The molecule has 8 heteroatoms. The summed E-state index contributed by atoms with van der Waals surface area (Å²) in [6, 6.07) is 8.75. The molecule has 0 saturated heterocycles. The van der Waals surface area contributed by atoms with Gasteiger partial charge in [-0.15, -0.1) is 0 Å². The highest BCUT2D eigenvalue weighted by atomic mass is 19.4. The number of nitrogens with zero attached hydrogens (tertiary/aromatic N) is 3. The molecule has 2 aromatic rings. The van der Waals surface area contributed by atoms with Gasteiger partial charge in [0.05, 0.1) is 11.9 Å². The summed E-state index contributed by atoms with van der Waals surface area (Å²) in [5.41, 5.74) is 0.435. The molecule has 0 unspecified atom stereocenters. The highest BCUT2D eigenvalue weighted by Crippen LogP contribution is 2.18. The number of hydrogen-bond donors (Lipinski definition) is 0. The van der Waals surface area contributed by atoms with Crippen LogP contribution in [0, 0.1) is 5.92 Å². The van der Waals surface area contributed by atoms with Crippen molar-refractivity contribution in [3.05, 3.63) is 53.2 Å². The first kappa shape index (κ1) is 19.7. The predicted molar refractivity (Wildman–Crippen MR) is 91.4 cm³/mol. The zero-order chi connectivity index (χ0) is 19.3. The lowest BCUT2D eigenvalue weighted by atomic mass is 10.1. The zero-order valence-corrected chi connectivity index (χ0v) is 14.5. The molecule has 0 fully saturated rings. The Bertz CT molecular complexity index is 801. The van der Waals surface area contributed by atoms with E-state index < -0.39 is 30.7 Å². The number of benzene rings is 1. The van der Waals surface area contributed by atoms with E-state index in [9.17, 15) is 22.8 Å². The standard InChI is InChI=1S/C18H20F3N3O2/c1-13(2)9-23(11-18(19,20)21)16(25)10-24-12-22-8-15(17(24)26)14-6-4-3-5-7-14/h3-8,12-13H,9-11H2,1-2H3. The van der Waals surface area contributed by atoms with Crippen LogP contribution >= 0.6 is 0 Å². The minimum atomic E-state index is -4.50. The minimum Gasteiger partial charge on any atom is -0.332 e. The van der Waals surface area contributed by atoms with Crippen LogP contribution in [-0.4, -0.2) is 39.6 Å². The number of carbonyl (C=O) groups excluding carboxylic acids is 1. The third kappa shape index (κ3) is 5.44. The molecule has 26 heavy (non-hydrogen) atoms. The lowest BCUT2D eigenvalue weighted by molar-refractivity contribution is -0.162. The summed E-state index contributed by atoms with van der Waals surface area (Å²) >= 11 is 0. The molecule has 0 aliphatic heterocycles. The molecule has 1 heterocycles. The Labute approximate surface area is 149 Å². The van der Waals surface area contributed by atoms with Crippen LogP contribution in [0.5, 0.6) is 0 Å². The van der Waals surface area contributed by atoms with Crippen LogP contribution in [0.4, 0.5) is 13.2 Å². The van der Waals surface area contributed by atoms with Crippen LogP contribution in [0.25, 0.3) is 11.1 Å². The van der Waals surface area contributed by atoms with Crippen LogP contribution in [0.15, 0.2) is 47.7 Å². The number of amides is 1. The van der Waals surface area contributed by atoms with Gasteiger partial charge in [-0.05, 0) is 11.5 Å². The molecule has 140 valence electrons. The molecule has 0 N–H and O–H groups in total. The SMILES string of the molecule is CC(C)CN(CC(F)(F)F)C(=O)Cn1cncc(-c2ccccc2)c1=O. The topological polar surface area (TPSA) is 55.2 Å². The molecule has 0 bridgehead atoms. The predicted octanol–water partition coefficient (Wildman–Crippen LogP) is 2.96. The Kier molecular flexibility index (Phi) is 6.18. The Morgan fingerprint density at radius 1 is 1.23 bits per heavy atom. The minimum absolute atomic E-state index is 0.0428. The van der Waals surface area contributed by atoms with Gasteiger partial charge in [0.25, 0.3) is 5.56 Å². The normalized spacial score (nSPS) is 11.6. The van der Waals surface area contributed by atoms with E-state index in [1.165, 1.54) is 6.20 Å². The zero-order valence-electron chi connectivity index (χ0n) is 14.5. The van der Waals surface area contributed by atoms with Crippen molar-refractivity contribution in [2.45, 2.75) is 26.6 Å². The molecule has 1 aromatic heterocycles. The van der Waals surface area contributed by atoms with Gasteiger partial charge in [-0.25, -0.2) is 4.98 Å². The maximum absolute atomic E-state index is 12.7. The Hall–Kier alpha value is -2.64. The molecule has 0 saturated carbocycles.